The van der Waals surface area contributed by atoms with Crippen molar-refractivity contribution in [1.29, 1.82) is 0 Å². The number of benzene rings is 3. The van der Waals surface area contributed by atoms with Crippen molar-refractivity contribution >= 4 is 56.4 Å². The largest absolute Gasteiger partial charge is 0.354 e. The first-order valence-electron chi connectivity index (χ1n) is 9.08. The van der Waals surface area contributed by atoms with Gasteiger partial charge in [-0.3, -0.25) is 4.79 Å². The molecule has 0 aliphatic carbocycles. The van der Waals surface area contributed by atoms with E-state index in [0.717, 1.165) is 32.8 Å². The van der Waals surface area contributed by atoms with Gasteiger partial charge in [-0.05, 0) is 55.0 Å². The fraction of sp³-hybridized carbons (Fsp3) is 0.0476. The van der Waals surface area contributed by atoms with E-state index in [9.17, 15) is 13.2 Å². The van der Waals surface area contributed by atoms with E-state index in [-0.39, 0.29) is 15.5 Å². The van der Waals surface area contributed by atoms with Crippen LogP contribution in [0.4, 0.5) is 11.4 Å². The van der Waals surface area contributed by atoms with Crippen LogP contribution in [-0.2, 0) is 10.0 Å². The average molecular weight is 473 g/mol. The van der Waals surface area contributed by atoms with Gasteiger partial charge in [-0.1, -0.05) is 41.6 Å². The molecule has 0 bridgehead atoms. The highest BCUT2D eigenvalue weighted by Gasteiger charge is 2.17. The Balaban J connectivity index is 1.53. The molecule has 0 saturated heterocycles. The van der Waals surface area contributed by atoms with Crippen molar-refractivity contribution in [2.75, 3.05) is 5.32 Å². The lowest BCUT2D eigenvalue weighted by Crippen LogP contribution is -2.20. The van der Waals surface area contributed by atoms with Crippen LogP contribution < -0.4 is 15.9 Å². The van der Waals surface area contributed by atoms with Crippen LogP contribution >= 0.6 is 23.4 Å². The van der Waals surface area contributed by atoms with Crippen molar-refractivity contribution in [2.24, 2.45) is 10.2 Å². The van der Waals surface area contributed by atoms with Gasteiger partial charge in [-0.25, -0.2) is 19.0 Å². The number of nitrogens with two attached hydrogens (primary N) is 1. The molecule has 1 amide bonds. The first kappa shape index (κ1) is 21.4. The molecule has 3 aromatic carbocycles. The summed E-state index contributed by atoms with van der Waals surface area (Å²) in [5.74, 6) is -0.582. The Hall–Kier alpha value is -2.85. The zero-order valence-electron chi connectivity index (χ0n) is 16.2. The highest BCUT2D eigenvalue weighted by molar-refractivity contribution is 7.99. The predicted molar refractivity (Wildman–Crippen MR) is 123 cm³/mol. The Morgan fingerprint density at radius 1 is 1.03 bits per heavy atom. The minimum atomic E-state index is -4.05. The molecule has 0 fully saturated rings. The fourth-order valence-corrected chi connectivity index (χ4v) is 5.03. The molecule has 0 aromatic heterocycles. The zero-order valence-corrected chi connectivity index (χ0v) is 18.6. The number of nitrogens with zero attached hydrogens (tertiary/aromatic N) is 1. The molecule has 0 atom stereocenters. The van der Waals surface area contributed by atoms with Gasteiger partial charge < -0.3 is 5.32 Å². The summed E-state index contributed by atoms with van der Waals surface area (Å²) in [6, 6.07) is 17.8. The molecule has 1 aliphatic rings. The topological polar surface area (TPSA) is 114 Å². The highest BCUT2D eigenvalue weighted by Crippen LogP contribution is 2.44. The summed E-state index contributed by atoms with van der Waals surface area (Å²) in [7, 11) is -4.05. The van der Waals surface area contributed by atoms with E-state index in [4.69, 9.17) is 16.7 Å². The van der Waals surface area contributed by atoms with Crippen molar-refractivity contribution in [3.8, 4) is 0 Å². The number of amides is 1. The van der Waals surface area contributed by atoms with Crippen LogP contribution in [0.2, 0.25) is 5.02 Å². The summed E-state index contributed by atoms with van der Waals surface area (Å²) in [6.07, 6.45) is 0. The molecule has 0 radical (unpaired) electrons. The van der Waals surface area contributed by atoms with E-state index >= 15 is 0 Å². The van der Waals surface area contributed by atoms with Crippen LogP contribution in [0, 0.1) is 0 Å². The molecule has 10 heteroatoms. The quantitative estimate of drug-likeness (QED) is 0.302. The molecule has 158 valence electrons. The summed E-state index contributed by atoms with van der Waals surface area (Å²) < 4.78 is 23.2. The Bertz CT molecular complexity index is 1340. The second-order valence-electron chi connectivity index (χ2n) is 6.76. The molecule has 3 aromatic rings. The molecular formula is C21H17ClN4O3S2. The van der Waals surface area contributed by atoms with Gasteiger partial charge >= 0.3 is 0 Å². The van der Waals surface area contributed by atoms with Gasteiger partial charge in [0.05, 0.1) is 22.1 Å². The van der Waals surface area contributed by atoms with Crippen molar-refractivity contribution in [1.82, 2.24) is 5.43 Å². The predicted octanol–water partition coefficient (Wildman–Crippen LogP) is 4.35. The number of hydrogen-bond acceptors (Lipinski definition) is 6. The van der Waals surface area contributed by atoms with Crippen molar-refractivity contribution in [2.45, 2.75) is 21.6 Å². The molecule has 0 unspecified atom stereocenters. The number of nitrogens with one attached hydrogen (secondary N) is 2. The lowest BCUT2D eigenvalue weighted by Gasteiger charge is -2.21. The molecular weight excluding hydrogens is 456 g/mol. The molecule has 0 saturated carbocycles. The average Bonchev–Trinajstić information content (AvgIpc) is 2.74. The number of fused-ring (bicyclic) bond motifs is 2. The number of carbonyl (C=O) groups excluding carboxylic acids is 1. The number of hydrazone groups is 1. The van der Waals surface area contributed by atoms with Crippen molar-refractivity contribution in [3.63, 3.8) is 0 Å². The number of anilines is 2. The molecule has 7 nitrogen and oxygen atoms in total. The van der Waals surface area contributed by atoms with E-state index in [1.54, 1.807) is 18.7 Å². The number of primary sulfonamides is 1. The van der Waals surface area contributed by atoms with Gasteiger partial charge in [-0.15, -0.1) is 0 Å². The van der Waals surface area contributed by atoms with Gasteiger partial charge in [0.15, 0.2) is 0 Å². The third kappa shape index (κ3) is 4.59. The number of hydrogen-bond donors (Lipinski definition) is 3. The van der Waals surface area contributed by atoms with Crippen molar-refractivity contribution < 1.29 is 13.2 Å². The lowest BCUT2D eigenvalue weighted by atomic mass is 10.1. The number of sulfonamides is 1. The molecule has 0 spiro atoms. The Morgan fingerprint density at radius 2 is 1.74 bits per heavy atom. The maximum atomic E-state index is 12.4. The summed E-state index contributed by atoms with van der Waals surface area (Å²) in [4.78, 5) is 14.4. The first-order chi connectivity index (χ1) is 14.7. The van der Waals surface area contributed by atoms with E-state index < -0.39 is 15.9 Å². The van der Waals surface area contributed by atoms with Crippen LogP contribution in [0.1, 0.15) is 22.8 Å². The number of rotatable bonds is 4. The Kier molecular flexibility index (Phi) is 5.76. The maximum absolute atomic E-state index is 12.4. The Morgan fingerprint density at radius 3 is 2.52 bits per heavy atom. The SMILES string of the molecule is C/C(=N\NC(=O)c1ccc(Cl)c(S(N)(=O)=O)c1)c1ccc2c(c1)Nc1ccccc1S2. The van der Waals surface area contributed by atoms with E-state index in [2.05, 4.69) is 21.9 Å². The summed E-state index contributed by atoms with van der Waals surface area (Å²) >= 11 is 7.54. The zero-order chi connectivity index (χ0) is 22.2. The molecule has 4 rings (SSSR count). The second-order valence-corrected chi connectivity index (χ2v) is 9.78. The third-order valence-electron chi connectivity index (χ3n) is 4.60. The van der Waals surface area contributed by atoms with Gasteiger partial charge in [0.25, 0.3) is 5.91 Å². The number of halogens is 1. The number of carbonyl (C=O) groups is 1. The first-order valence-corrected chi connectivity index (χ1v) is 11.8. The van der Waals surface area contributed by atoms with Gasteiger partial charge in [-0.2, -0.15) is 5.10 Å². The monoisotopic (exact) mass is 472 g/mol. The Labute approximate surface area is 188 Å². The van der Waals surface area contributed by atoms with Crippen LogP contribution in [-0.4, -0.2) is 20.0 Å². The van der Waals surface area contributed by atoms with Crippen LogP contribution in [0.15, 0.2) is 80.5 Å². The smallest absolute Gasteiger partial charge is 0.271 e. The highest BCUT2D eigenvalue weighted by atomic mass is 35.5. The number of para-hydroxylation sites is 1. The molecule has 1 aliphatic heterocycles. The minimum absolute atomic E-state index is 0.0558. The fourth-order valence-electron chi connectivity index (χ4n) is 2.99. The second kappa shape index (κ2) is 8.35. The lowest BCUT2D eigenvalue weighted by molar-refractivity contribution is 0.0954. The summed E-state index contributed by atoms with van der Waals surface area (Å²) in [5.41, 5.74) is 5.91. The normalized spacial score (nSPS) is 13.1. The van der Waals surface area contributed by atoms with E-state index in [0.29, 0.717) is 5.71 Å². The van der Waals surface area contributed by atoms with Gasteiger partial charge in [0.1, 0.15) is 4.90 Å². The van der Waals surface area contributed by atoms with Crippen LogP contribution in [0.5, 0.6) is 0 Å². The van der Waals surface area contributed by atoms with E-state index in [1.807, 2.05) is 36.4 Å². The van der Waals surface area contributed by atoms with Crippen LogP contribution in [0.3, 0.4) is 0 Å². The van der Waals surface area contributed by atoms with Crippen LogP contribution in [0.25, 0.3) is 0 Å². The maximum Gasteiger partial charge on any atom is 0.271 e. The molecule has 31 heavy (non-hydrogen) atoms. The molecule has 1 heterocycles. The van der Waals surface area contributed by atoms with Gasteiger partial charge in [0, 0.05) is 15.4 Å². The summed E-state index contributed by atoms with van der Waals surface area (Å²) in [6.45, 7) is 1.77. The molecule has 4 N–H and O–H groups in total. The standard InChI is InChI=1S/C21H17ClN4O3S2/c1-12(25-26-21(27)14-6-8-15(22)20(11-14)31(23,28)29)13-7-9-19-17(10-13)24-16-4-2-3-5-18(16)30-19/h2-11,24H,1H3,(H,26,27)(H2,23,28,29)/b25-12+. The van der Waals surface area contributed by atoms with Crippen molar-refractivity contribution in [3.05, 3.63) is 76.8 Å². The van der Waals surface area contributed by atoms with E-state index in [1.165, 1.54) is 12.1 Å². The minimum Gasteiger partial charge on any atom is -0.354 e. The third-order valence-corrected chi connectivity index (χ3v) is 7.14. The summed E-state index contributed by atoms with van der Waals surface area (Å²) in [5, 5.41) is 12.6. The van der Waals surface area contributed by atoms with Gasteiger partial charge in [0.2, 0.25) is 10.0 Å².